The van der Waals surface area contributed by atoms with Crippen LogP contribution in [0.1, 0.15) is 22.2 Å². The summed E-state index contributed by atoms with van der Waals surface area (Å²) < 4.78 is 53.7. The molecule has 168 valence electrons. The summed E-state index contributed by atoms with van der Waals surface area (Å²) in [6, 6.07) is 4.65. The van der Waals surface area contributed by atoms with Gasteiger partial charge in [0.15, 0.2) is 0 Å². The minimum atomic E-state index is -4.53. The van der Waals surface area contributed by atoms with Gasteiger partial charge >= 0.3 is 6.18 Å². The van der Waals surface area contributed by atoms with E-state index in [1.807, 2.05) is 0 Å². The first-order chi connectivity index (χ1) is 15.1. The number of piperazine rings is 1. The molecule has 2 aromatic heterocycles. The zero-order chi connectivity index (χ0) is 23.0. The summed E-state index contributed by atoms with van der Waals surface area (Å²) in [5.41, 5.74) is 4.66. The molecule has 0 radical (unpaired) electrons. The van der Waals surface area contributed by atoms with Gasteiger partial charge in [0.1, 0.15) is 5.52 Å². The lowest BCUT2D eigenvalue weighted by atomic mass is 10.1. The Bertz CT molecular complexity index is 1150. The SMILES string of the molecule is NC(=O)c1cccc2cn(C(F)C(=O)N3CCN(c4ncc(C(F)(F)F)cn4)CC3)nc12. The van der Waals surface area contributed by atoms with Gasteiger partial charge in [-0.3, -0.25) is 9.59 Å². The first kappa shape index (κ1) is 21.5. The van der Waals surface area contributed by atoms with E-state index in [1.54, 1.807) is 17.0 Å². The van der Waals surface area contributed by atoms with Crippen LogP contribution in [0.15, 0.2) is 36.8 Å². The van der Waals surface area contributed by atoms with Crippen molar-refractivity contribution in [2.24, 2.45) is 5.73 Å². The van der Waals surface area contributed by atoms with Crippen molar-refractivity contribution in [3.63, 3.8) is 0 Å². The van der Waals surface area contributed by atoms with Crippen LogP contribution in [0, 0.1) is 0 Å². The number of hydrogen-bond donors (Lipinski definition) is 1. The molecule has 0 spiro atoms. The minimum Gasteiger partial charge on any atom is -0.366 e. The van der Waals surface area contributed by atoms with Gasteiger partial charge in [-0.2, -0.15) is 18.3 Å². The van der Waals surface area contributed by atoms with Crippen molar-refractivity contribution in [3.8, 4) is 0 Å². The number of fused-ring (bicyclic) bond motifs is 1. The molecule has 9 nitrogen and oxygen atoms in total. The highest BCUT2D eigenvalue weighted by atomic mass is 19.4. The van der Waals surface area contributed by atoms with Crippen molar-refractivity contribution >= 4 is 28.7 Å². The fraction of sp³-hybridized carbons (Fsp3) is 0.316. The molecule has 1 atom stereocenters. The number of nitrogens with two attached hydrogens (primary N) is 1. The average Bonchev–Trinajstić information content (AvgIpc) is 3.22. The maximum atomic E-state index is 14.9. The molecular weight excluding hydrogens is 434 g/mol. The van der Waals surface area contributed by atoms with Crippen LogP contribution in [0.5, 0.6) is 0 Å². The standard InChI is InChI=1S/C19H17F4N7O2/c20-15(30-10-11-2-1-3-13(16(24)31)14(11)27-30)17(32)28-4-6-29(7-5-28)18-25-8-12(9-26-18)19(21,22)23/h1-3,8-10,15H,4-7H2,(H2,24,31). The quantitative estimate of drug-likeness (QED) is 0.606. The molecule has 2 N–H and O–H groups in total. The minimum absolute atomic E-state index is 0.0965. The van der Waals surface area contributed by atoms with Crippen LogP contribution in [0.4, 0.5) is 23.5 Å². The zero-order valence-electron chi connectivity index (χ0n) is 16.5. The van der Waals surface area contributed by atoms with Crippen molar-refractivity contribution in [1.82, 2.24) is 24.6 Å². The van der Waals surface area contributed by atoms with Gasteiger partial charge < -0.3 is 15.5 Å². The summed E-state index contributed by atoms with van der Waals surface area (Å²) in [5.74, 6) is -1.45. The highest BCUT2D eigenvalue weighted by molar-refractivity contribution is 6.04. The summed E-state index contributed by atoms with van der Waals surface area (Å²) in [4.78, 5) is 34.5. The Morgan fingerprint density at radius 3 is 2.31 bits per heavy atom. The second-order valence-electron chi connectivity index (χ2n) is 7.13. The number of hydrogen-bond acceptors (Lipinski definition) is 6. The first-order valence-corrected chi connectivity index (χ1v) is 9.50. The molecule has 3 aromatic rings. The number of halogens is 4. The number of nitrogens with zero attached hydrogens (tertiary/aromatic N) is 6. The van der Waals surface area contributed by atoms with Crippen LogP contribution in [0.25, 0.3) is 10.9 Å². The van der Waals surface area contributed by atoms with Crippen molar-refractivity contribution in [3.05, 3.63) is 47.9 Å². The Kier molecular flexibility index (Phi) is 5.40. The van der Waals surface area contributed by atoms with Crippen molar-refractivity contribution < 1.29 is 27.2 Å². The summed E-state index contributed by atoms with van der Waals surface area (Å²) >= 11 is 0. The number of benzene rings is 1. The van der Waals surface area contributed by atoms with Gasteiger partial charge in [-0.15, -0.1) is 0 Å². The van der Waals surface area contributed by atoms with E-state index >= 15 is 0 Å². The topological polar surface area (TPSA) is 110 Å². The maximum Gasteiger partial charge on any atom is 0.419 e. The van der Waals surface area contributed by atoms with E-state index in [2.05, 4.69) is 15.1 Å². The Morgan fingerprint density at radius 1 is 1.06 bits per heavy atom. The molecule has 1 fully saturated rings. The van der Waals surface area contributed by atoms with Gasteiger partial charge in [-0.05, 0) is 6.07 Å². The number of primary amides is 1. The third-order valence-corrected chi connectivity index (χ3v) is 5.10. The second-order valence-corrected chi connectivity index (χ2v) is 7.13. The Hall–Kier alpha value is -3.77. The van der Waals surface area contributed by atoms with Crippen molar-refractivity contribution in [2.45, 2.75) is 12.5 Å². The maximum absolute atomic E-state index is 14.9. The first-order valence-electron chi connectivity index (χ1n) is 9.50. The fourth-order valence-corrected chi connectivity index (χ4v) is 3.40. The molecule has 0 bridgehead atoms. The van der Waals surface area contributed by atoms with E-state index in [0.29, 0.717) is 17.8 Å². The largest absolute Gasteiger partial charge is 0.419 e. The third kappa shape index (κ3) is 4.05. The molecule has 3 heterocycles. The molecule has 1 aromatic carbocycles. The highest BCUT2D eigenvalue weighted by Crippen LogP contribution is 2.28. The number of carbonyl (C=O) groups is 2. The van der Waals surface area contributed by atoms with E-state index in [1.165, 1.54) is 17.2 Å². The number of aromatic nitrogens is 4. The molecule has 1 aliphatic heterocycles. The number of amides is 2. The van der Waals surface area contributed by atoms with Crippen LogP contribution < -0.4 is 10.6 Å². The van der Waals surface area contributed by atoms with Crippen LogP contribution >= 0.6 is 0 Å². The lowest BCUT2D eigenvalue weighted by Gasteiger charge is -2.35. The third-order valence-electron chi connectivity index (χ3n) is 5.10. The molecule has 1 unspecified atom stereocenters. The van der Waals surface area contributed by atoms with Gasteiger partial charge in [0.05, 0.1) is 11.1 Å². The van der Waals surface area contributed by atoms with Crippen LogP contribution in [-0.4, -0.2) is 62.6 Å². The predicted molar refractivity (Wildman–Crippen MR) is 104 cm³/mol. The number of rotatable bonds is 4. The van der Waals surface area contributed by atoms with Gasteiger partial charge in [-0.25, -0.2) is 19.0 Å². The molecule has 0 saturated carbocycles. The smallest absolute Gasteiger partial charge is 0.366 e. The van der Waals surface area contributed by atoms with Gasteiger partial charge in [0, 0.05) is 50.2 Å². The zero-order valence-corrected chi connectivity index (χ0v) is 16.5. The molecule has 4 rings (SSSR count). The monoisotopic (exact) mass is 451 g/mol. The van der Waals surface area contributed by atoms with Crippen LogP contribution in [0.3, 0.4) is 0 Å². The summed E-state index contributed by atoms with van der Waals surface area (Å²) in [6.45, 7) is 0.682. The van der Waals surface area contributed by atoms with Crippen molar-refractivity contribution in [1.29, 1.82) is 0 Å². The van der Waals surface area contributed by atoms with Crippen LogP contribution in [0.2, 0.25) is 0 Å². The van der Waals surface area contributed by atoms with E-state index in [-0.39, 0.29) is 43.2 Å². The van der Waals surface area contributed by atoms with Crippen LogP contribution in [-0.2, 0) is 11.0 Å². The van der Waals surface area contributed by atoms with Gasteiger partial charge in [-0.1, -0.05) is 12.1 Å². The highest BCUT2D eigenvalue weighted by Gasteiger charge is 2.33. The molecule has 1 saturated heterocycles. The second kappa shape index (κ2) is 8.05. The van der Waals surface area contributed by atoms with Gasteiger partial charge in [0.2, 0.25) is 5.95 Å². The molecule has 0 aliphatic carbocycles. The Morgan fingerprint density at radius 2 is 1.72 bits per heavy atom. The lowest BCUT2D eigenvalue weighted by molar-refractivity contribution is -0.141. The fourth-order valence-electron chi connectivity index (χ4n) is 3.40. The molecule has 2 amide bonds. The number of anilines is 1. The normalized spacial score (nSPS) is 15.8. The Balaban J connectivity index is 1.42. The predicted octanol–water partition coefficient (Wildman–Crippen LogP) is 1.76. The number of alkyl halides is 4. The van der Waals surface area contributed by atoms with Crippen molar-refractivity contribution in [2.75, 3.05) is 31.1 Å². The molecule has 32 heavy (non-hydrogen) atoms. The molecular formula is C19H17F4N7O2. The summed E-state index contributed by atoms with van der Waals surface area (Å²) in [5, 5.41) is 4.47. The lowest BCUT2D eigenvalue weighted by Crippen LogP contribution is -2.50. The van der Waals surface area contributed by atoms with E-state index in [9.17, 15) is 27.2 Å². The summed E-state index contributed by atoms with van der Waals surface area (Å²) in [6.07, 6.45) is -3.94. The summed E-state index contributed by atoms with van der Waals surface area (Å²) in [7, 11) is 0. The molecule has 13 heteroatoms. The molecule has 1 aliphatic rings. The van der Waals surface area contributed by atoms with E-state index in [4.69, 9.17) is 5.73 Å². The van der Waals surface area contributed by atoms with Gasteiger partial charge in [0.25, 0.3) is 18.1 Å². The average molecular weight is 451 g/mol. The van der Waals surface area contributed by atoms with E-state index in [0.717, 1.165) is 4.68 Å². The number of carbonyl (C=O) groups excluding carboxylic acids is 2. The van der Waals surface area contributed by atoms with E-state index < -0.39 is 29.8 Å². The Labute approximate surface area is 178 Å².